The highest BCUT2D eigenvalue weighted by Gasteiger charge is 2.34. The van der Waals surface area contributed by atoms with Gasteiger partial charge in [0.25, 0.3) is 5.91 Å². The lowest BCUT2D eigenvalue weighted by atomic mass is 10.1. The van der Waals surface area contributed by atoms with Crippen LogP contribution in [0.15, 0.2) is 24.7 Å². The van der Waals surface area contributed by atoms with Gasteiger partial charge in [0, 0.05) is 31.2 Å². The third-order valence-corrected chi connectivity index (χ3v) is 3.51. The van der Waals surface area contributed by atoms with Crippen LogP contribution < -0.4 is 0 Å². The molecule has 0 radical (unpaired) electrons. The average Bonchev–Trinajstić information content (AvgIpc) is 3.36. The molecule has 0 aromatic carbocycles. The number of fused-ring (bicyclic) bond motifs is 1. The van der Waals surface area contributed by atoms with Gasteiger partial charge in [-0.15, -0.1) is 0 Å². The highest BCUT2D eigenvalue weighted by atomic mass is 16.2. The number of carbonyl (C=O) groups excluding carboxylic acids is 1. The van der Waals surface area contributed by atoms with Crippen molar-refractivity contribution < 1.29 is 4.79 Å². The number of amides is 1. The lowest BCUT2D eigenvalue weighted by Gasteiger charge is -2.23. The molecule has 1 unspecified atom stereocenters. The maximum atomic E-state index is 12.6. The molecule has 2 heterocycles. The summed E-state index contributed by atoms with van der Waals surface area (Å²) in [5, 5.41) is 8.96. The van der Waals surface area contributed by atoms with E-state index in [1.807, 2.05) is 6.92 Å². The second-order valence-corrected chi connectivity index (χ2v) is 5.34. The lowest BCUT2D eigenvalue weighted by molar-refractivity contribution is 0.0730. The van der Waals surface area contributed by atoms with Crippen LogP contribution in [0.4, 0.5) is 0 Å². The maximum Gasteiger partial charge on any atom is 0.255 e. The summed E-state index contributed by atoms with van der Waals surface area (Å²) in [7, 11) is 0. The topological polar surface area (TPSA) is 82.8 Å². The van der Waals surface area contributed by atoms with E-state index in [4.69, 9.17) is 5.26 Å². The zero-order valence-corrected chi connectivity index (χ0v) is 11.7. The van der Waals surface area contributed by atoms with Gasteiger partial charge in [-0.3, -0.25) is 9.78 Å². The van der Waals surface area contributed by atoms with Crippen molar-refractivity contribution >= 4 is 17.1 Å². The summed E-state index contributed by atoms with van der Waals surface area (Å²) in [6.07, 6.45) is 6.69. The van der Waals surface area contributed by atoms with E-state index in [9.17, 15) is 4.79 Å². The van der Waals surface area contributed by atoms with Crippen LogP contribution in [0.3, 0.4) is 0 Å². The molecule has 1 saturated carbocycles. The molecular formula is C15H15N5O. The molecule has 0 spiro atoms. The van der Waals surface area contributed by atoms with Gasteiger partial charge in [0.05, 0.1) is 17.6 Å². The highest BCUT2D eigenvalue weighted by molar-refractivity contribution is 5.96. The van der Waals surface area contributed by atoms with Crippen LogP contribution in [0, 0.1) is 17.2 Å². The van der Waals surface area contributed by atoms with Crippen LogP contribution in [0.25, 0.3) is 11.2 Å². The number of nitrogens with zero attached hydrogens (tertiary/aromatic N) is 5. The van der Waals surface area contributed by atoms with E-state index in [-0.39, 0.29) is 17.9 Å². The third-order valence-electron chi connectivity index (χ3n) is 3.51. The van der Waals surface area contributed by atoms with Gasteiger partial charge in [-0.2, -0.15) is 5.26 Å². The molecule has 1 fully saturated rings. The summed E-state index contributed by atoms with van der Waals surface area (Å²) >= 11 is 0. The van der Waals surface area contributed by atoms with Gasteiger partial charge in [0.2, 0.25) is 0 Å². The van der Waals surface area contributed by atoms with Gasteiger partial charge in [-0.1, -0.05) is 0 Å². The molecule has 2 aromatic heterocycles. The number of carbonyl (C=O) groups is 1. The standard InChI is InChI=1S/C15H15N5O/c1-10(7-16)9-20(12-2-3-12)15(21)11-6-13-14(19-8-11)18-5-4-17-13/h4-6,8,10,12H,2-3,9H2,1H3. The van der Waals surface area contributed by atoms with Crippen molar-refractivity contribution in [1.29, 1.82) is 5.26 Å². The smallest absolute Gasteiger partial charge is 0.255 e. The van der Waals surface area contributed by atoms with Gasteiger partial charge < -0.3 is 4.90 Å². The van der Waals surface area contributed by atoms with Gasteiger partial charge in [0.15, 0.2) is 5.65 Å². The molecule has 3 rings (SSSR count). The summed E-state index contributed by atoms with van der Waals surface area (Å²) in [5.74, 6) is -0.262. The SMILES string of the molecule is CC(C#N)CN(C(=O)c1cnc2nccnc2c1)C1CC1. The van der Waals surface area contributed by atoms with Crippen LogP contribution in [0.2, 0.25) is 0 Å². The summed E-state index contributed by atoms with van der Waals surface area (Å²) < 4.78 is 0. The molecule has 6 heteroatoms. The molecule has 6 nitrogen and oxygen atoms in total. The van der Waals surface area contributed by atoms with E-state index in [1.54, 1.807) is 23.4 Å². The molecule has 1 amide bonds. The molecule has 2 aromatic rings. The molecule has 0 aliphatic heterocycles. The van der Waals surface area contributed by atoms with Crippen molar-refractivity contribution in [3.8, 4) is 6.07 Å². The lowest BCUT2D eigenvalue weighted by Crippen LogP contribution is -2.36. The van der Waals surface area contributed by atoms with Crippen molar-refractivity contribution in [2.45, 2.75) is 25.8 Å². The molecule has 21 heavy (non-hydrogen) atoms. The Morgan fingerprint density at radius 3 is 2.90 bits per heavy atom. The Labute approximate surface area is 122 Å². The summed E-state index contributed by atoms with van der Waals surface area (Å²) in [6, 6.07) is 4.15. The Hall–Kier alpha value is -2.55. The first kappa shape index (κ1) is 13.4. The summed E-state index contributed by atoms with van der Waals surface area (Å²) in [4.78, 5) is 26.9. The predicted octanol–water partition coefficient (Wildman–Crippen LogP) is 1.79. The first-order chi connectivity index (χ1) is 10.2. The van der Waals surface area contributed by atoms with Crippen LogP contribution in [0.5, 0.6) is 0 Å². The molecule has 0 bridgehead atoms. The van der Waals surface area contributed by atoms with Crippen molar-refractivity contribution in [3.05, 3.63) is 30.2 Å². The first-order valence-corrected chi connectivity index (χ1v) is 6.96. The van der Waals surface area contributed by atoms with E-state index in [2.05, 4.69) is 21.0 Å². The Morgan fingerprint density at radius 1 is 1.43 bits per heavy atom. The number of aromatic nitrogens is 3. The van der Waals surface area contributed by atoms with Crippen molar-refractivity contribution in [1.82, 2.24) is 19.9 Å². The van der Waals surface area contributed by atoms with Crippen LogP contribution in [0.1, 0.15) is 30.1 Å². The summed E-state index contributed by atoms with van der Waals surface area (Å²) in [6.45, 7) is 2.28. The highest BCUT2D eigenvalue weighted by Crippen LogP contribution is 2.29. The monoisotopic (exact) mass is 281 g/mol. The number of hydrogen-bond acceptors (Lipinski definition) is 5. The molecule has 106 valence electrons. The van der Waals surface area contributed by atoms with Crippen molar-refractivity contribution in [2.75, 3.05) is 6.54 Å². The van der Waals surface area contributed by atoms with Gasteiger partial charge in [-0.25, -0.2) is 9.97 Å². The minimum Gasteiger partial charge on any atom is -0.334 e. The first-order valence-electron chi connectivity index (χ1n) is 6.96. The minimum absolute atomic E-state index is 0.0837. The summed E-state index contributed by atoms with van der Waals surface area (Å²) in [5.41, 5.74) is 1.63. The fraction of sp³-hybridized carbons (Fsp3) is 0.400. The Bertz CT molecular complexity index is 719. The maximum absolute atomic E-state index is 12.6. The van der Waals surface area contributed by atoms with Crippen LogP contribution in [-0.4, -0.2) is 38.3 Å². The normalized spacial score (nSPS) is 15.4. The zero-order valence-electron chi connectivity index (χ0n) is 11.7. The van der Waals surface area contributed by atoms with Crippen molar-refractivity contribution in [2.24, 2.45) is 5.92 Å². The predicted molar refractivity (Wildman–Crippen MR) is 76.2 cm³/mol. The van der Waals surface area contributed by atoms with E-state index in [0.717, 1.165) is 12.8 Å². The number of pyridine rings is 1. The molecule has 0 saturated heterocycles. The molecule has 1 atom stereocenters. The minimum atomic E-state index is -0.178. The molecular weight excluding hydrogens is 266 g/mol. The largest absolute Gasteiger partial charge is 0.334 e. The average molecular weight is 281 g/mol. The fourth-order valence-corrected chi connectivity index (χ4v) is 2.26. The number of nitriles is 1. The molecule has 1 aliphatic carbocycles. The van der Waals surface area contributed by atoms with Gasteiger partial charge >= 0.3 is 0 Å². The Kier molecular flexibility index (Phi) is 3.48. The quantitative estimate of drug-likeness (QED) is 0.853. The molecule has 0 N–H and O–H groups in total. The number of rotatable bonds is 4. The van der Waals surface area contributed by atoms with Crippen LogP contribution >= 0.6 is 0 Å². The van der Waals surface area contributed by atoms with E-state index < -0.39 is 0 Å². The third kappa shape index (κ3) is 2.82. The van der Waals surface area contributed by atoms with E-state index in [1.165, 1.54) is 6.20 Å². The Morgan fingerprint density at radius 2 is 2.19 bits per heavy atom. The van der Waals surface area contributed by atoms with Crippen molar-refractivity contribution in [3.63, 3.8) is 0 Å². The molecule has 1 aliphatic rings. The second kappa shape index (κ2) is 5.44. The van der Waals surface area contributed by atoms with E-state index >= 15 is 0 Å². The second-order valence-electron chi connectivity index (χ2n) is 5.34. The Balaban J connectivity index is 1.88. The van der Waals surface area contributed by atoms with E-state index in [0.29, 0.717) is 23.3 Å². The number of hydrogen-bond donors (Lipinski definition) is 0. The van der Waals surface area contributed by atoms with Gasteiger partial charge in [0.1, 0.15) is 5.52 Å². The van der Waals surface area contributed by atoms with Crippen LogP contribution in [-0.2, 0) is 0 Å². The fourth-order valence-electron chi connectivity index (χ4n) is 2.26. The zero-order chi connectivity index (χ0) is 14.8. The van der Waals surface area contributed by atoms with Gasteiger partial charge in [-0.05, 0) is 25.8 Å².